The predicted octanol–water partition coefficient (Wildman–Crippen LogP) is 3.39. The lowest BCUT2D eigenvalue weighted by molar-refractivity contribution is 0.0701. The molecule has 2 heterocycles. The van der Waals surface area contributed by atoms with E-state index >= 15 is 0 Å². The number of anilines is 1. The van der Waals surface area contributed by atoms with Gasteiger partial charge in [0, 0.05) is 4.88 Å². The van der Waals surface area contributed by atoms with Crippen molar-refractivity contribution in [1.82, 2.24) is 4.98 Å². The average molecular weight is 282 g/mol. The second kappa shape index (κ2) is 5.49. The summed E-state index contributed by atoms with van der Waals surface area (Å²) < 4.78 is 0. The average Bonchev–Trinajstić information content (AvgIpc) is 2.92. The van der Waals surface area contributed by atoms with Gasteiger partial charge in [0.25, 0.3) is 0 Å². The van der Waals surface area contributed by atoms with Gasteiger partial charge in [-0.25, -0.2) is 9.78 Å². The standard InChI is InChI=1S/C12H14N2O2S2/c1-3-8-4-5-17-9(8)6-13-12-14-7(2)10(18-12)11(15)16/h4-5H,3,6H2,1-2H3,(H,13,14)(H,15,16). The maximum Gasteiger partial charge on any atom is 0.347 e. The number of rotatable bonds is 5. The number of aryl methyl sites for hydroxylation is 2. The second-order valence-electron chi connectivity index (χ2n) is 3.81. The van der Waals surface area contributed by atoms with E-state index in [1.165, 1.54) is 21.8 Å². The van der Waals surface area contributed by atoms with E-state index < -0.39 is 5.97 Å². The van der Waals surface area contributed by atoms with Crippen LogP contribution in [0.1, 0.15) is 32.7 Å². The molecule has 4 nitrogen and oxygen atoms in total. The van der Waals surface area contributed by atoms with Gasteiger partial charge in [-0.15, -0.1) is 11.3 Å². The fraction of sp³-hybridized carbons (Fsp3) is 0.333. The van der Waals surface area contributed by atoms with E-state index in [9.17, 15) is 4.79 Å². The van der Waals surface area contributed by atoms with Crippen molar-refractivity contribution in [3.8, 4) is 0 Å². The van der Waals surface area contributed by atoms with Crippen LogP contribution < -0.4 is 5.32 Å². The summed E-state index contributed by atoms with van der Waals surface area (Å²) >= 11 is 2.89. The molecule has 0 aliphatic heterocycles. The third kappa shape index (κ3) is 2.70. The third-order valence-corrected chi connectivity index (χ3v) is 4.68. The molecule has 2 aromatic heterocycles. The van der Waals surface area contributed by atoms with Crippen LogP contribution in [0.2, 0.25) is 0 Å². The number of carboxylic acid groups (broad SMARTS) is 1. The summed E-state index contributed by atoms with van der Waals surface area (Å²) in [5.74, 6) is -0.913. The Kier molecular flexibility index (Phi) is 3.98. The van der Waals surface area contributed by atoms with E-state index in [-0.39, 0.29) is 0 Å². The topological polar surface area (TPSA) is 62.2 Å². The van der Waals surface area contributed by atoms with E-state index in [1.807, 2.05) is 0 Å². The van der Waals surface area contributed by atoms with Crippen molar-refractivity contribution in [2.75, 3.05) is 5.32 Å². The summed E-state index contributed by atoms with van der Waals surface area (Å²) in [6.45, 7) is 4.54. The number of hydrogen-bond acceptors (Lipinski definition) is 5. The molecule has 0 aromatic carbocycles. The Bertz CT molecular complexity index is 560. The Morgan fingerprint density at radius 3 is 2.94 bits per heavy atom. The second-order valence-corrected chi connectivity index (χ2v) is 5.81. The summed E-state index contributed by atoms with van der Waals surface area (Å²) in [4.78, 5) is 16.7. The van der Waals surface area contributed by atoms with Gasteiger partial charge in [-0.2, -0.15) is 0 Å². The van der Waals surface area contributed by atoms with Crippen molar-refractivity contribution in [2.45, 2.75) is 26.8 Å². The molecule has 2 rings (SSSR count). The number of thiazole rings is 1. The fourth-order valence-electron chi connectivity index (χ4n) is 1.66. The number of aromatic carboxylic acids is 1. The van der Waals surface area contributed by atoms with Crippen LogP contribution in [0.25, 0.3) is 0 Å². The van der Waals surface area contributed by atoms with Crippen molar-refractivity contribution >= 4 is 33.8 Å². The molecule has 96 valence electrons. The molecule has 0 amide bonds. The highest BCUT2D eigenvalue weighted by molar-refractivity contribution is 7.17. The van der Waals surface area contributed by atoms with Crippen molar-refractivity contribution in [3.05, 3.63) is 32.5 Å². The molecule has 6 heteroatoms. The van der Waals surface area contributed by atoms with Crippen molar-refractivity contribution in [2.24, 2.45) is 0 Å². The highest BCUT2D eigenvalue weighted by atomic mass is 32.1. The van der Waals surface area contributed by atoms with Gasteiger partial charge in [0.1, 0.15) is 4.88 Å². The molecular weight excluding hydrogens is 268 g/mol. The number of carbonyl (C=O) groups is 1. The minimum absolute atomic E-state index is 0.305. The number of nitrogens with zero attached hydrogens (tertiary/aromatic N) is 1. The normalized spacial score (nSPS) is 10.6. The molecule has 2 N–H and O–H groups in total. The molecule has 0 fully saturated rings. The smallest absolute Gasteiger partial charge is 0.347 e. The minimum atomic E-state index is -0.913. The number of carboxylic acids is 1. The summed E-state index contributed by atoms with van der Waals surface area (Å²) in [5, 5.41) is 14.9. The van der Waals surface area contributed by atoms with E-state index in [4.69, 9.17) is 5.11 Å². The Morgan fingerprint density at radius 1 is 1.56 bits per heavy atom. The van der Waals surface area contributed by atoms with E-state index in [0.29, 0.717) is 22.2 Å². The first-order chi connectivity index (χ1) is 8.61. The lowest BCUT2D eigenvalue weighted by Crippen LogP contribution is -1.99. The van der Waals surface area contributed by atoms with Gasteiger partial charge in [-0.05, 0) is 30.4 Å². The van der Waals surface area contributed by atoms with Crippen LogP contribution in [-0.2, 0) is 13.0 Å². The first-order valence-corrected chi connectivity index (χ1v) is 7.31. The Morgan fingerprint density at radius 2 is 2.33 bits per heavy atom. The molecule has 18 heavy (non-hydrogen) atoms. The quantitative estimate of drug-likeness (QED) is 0.882. The number of nitrogens with one attached hydrogen (secondary N) is 1. The first-order valence-electron chi connectivity index (χ1n) is 5.61. The third-order valence-electron chi connectivity index (χ3n) is 2.61. The maximum atomic E-state index is 10.9. The zero-order valence-electron chi connectivity index (χ0n) is 10.2. The summed E-state index contributed by atoms with van der Waals surface area (Å²) in [6.07, 6.45) is 1.01. The van der Waals surface area contributed by atoms with Crippen molar-refractivity contribution in [3.63, 3.8) is 0 Å². The Balaban J connectivity index is 2.07. The molecule has 0 saturated heterocycles. The van der Waals surface area contributed by atoms with Crippen molar-refractivity contribution < 1.29 is 9.90 Å². The molecule has 0 bridgehead atoms. The molecular formula is C12H14N2O2S2. The van der Waals surface area contributed by atoms with Gasteiger partial charge in [-0.1, -0.05) is 18.3 Å². The summed E-state index contributed by atoms with van der Waals surface area (Å²) in [5.41, 5.74) is 1.90. The molecule has 0 spiro atoms. The zero-order valence-corrected chi connectivity index (χ0v) is 11.8. The molecule has 2 aromatic rings. The molecule has 0 unspecified atom stereocenters. The van der Waals surface area contributed by atoms with E-state index in [1.54, 1.807) is 18.3 Å². The van der Waals surface area contributed by atoms with Gasteiger partial charge in [0.15, 0.2) is 5.13 Å². The highest BCUT2D eigenvalue weighted by Crippen LogP contribution is 2.24. The summed E-state index contributed by atoms with van der Waals surface area (Å²) in [7, 11) is 0. The molecule has 0 radical (unpaired) electrons. The zero-order chi connectivity index (χ0) is 13.1. The van der Waals surface area contributed by atoms with Crippen LogP contribution in [0.4, 0.5) is 5.13 Å². The molecule has 0 saturated carbocycles. The van der Waals surface area contributed by atoms with Crippen LogP contribution in [-0.4, -0.2) is 16.1 Å². The number of aromatic nitrogens is 1. The molecule has 0 aliphatic rings. The highest BCUT2D eigenvalue weighted by Gasteiger charge is 2.14. The van der Waals surface area contributed by atoms with Crippen LogP contribution in [0.5, 0.6) is 0 Å². The maximum absolute atomic E-state index is 10.9. The van der Waals surface area contributed by atoms with Gasteiger partial charge in [0.05, 0.1) is 12.2 Å². The lowest BCUT2D eigenvalue weighted by atomic mass is 10.2. The fourth-order valence-corrected chi connectivity index (χ4v) is 3.38. The largest absolute Gasteiger partial charge is 0.477 e. The molecule has 0 aliphatic carbocycles. The van der Waals surface area contributed by atoms with Gasteiger partial charge in [-0.3, -0.25) is 0 Å². The van der Waals surface area contributed by atoms with Gasteiger partial charge < -0.3 is 10.4 Å². The van der Waals surface area contributed by atoms with E-state index in [2.05, 4.69) is 28.7 Å². The van der Waals surface area contributed by atoms with Gasteiger partial charge >= 0.3 is 5.97 Å². The van der Waals surface area contributed by atoms with Crippen LogP contribution in [0, 0.1) is 6.92 Å². The number of thiophene rings is 1. The minimum Gasteiger partial charge on any atom is -0.477 e. The van der Waals surface area contributed by atoms with Crippen LogP contribution in [0.3, 0.4) is 0 Å². The Labute approximate surface area is 113 Å². The monoisotopic (exact) mass is 282 g/mol. The summed E-state index contributed by atoms with van der Waals surface area (Å²) in [6, 6.07) is 2.12. The van der Waals surface area contributed by atoms with Crippen LogP contribution >= 0.6 is 22.7 Å². The van der Waals surface area contributed by atoms with E-state index in [0.717, 1.165) is 6.42 Å². The SMILES string of the molecule is CCc1ccsc1CNc1nc(C)c(C(=O)O)s1. The lowest BCUT2D eigenvalue weighted by Gasteiger charge is -2.02. The first kappa shape index (κ1) is 13.0. The molecule has 0 atom stereocenters. The van der Waals surface area contributed by atoms with Crippen LogP contribution in [0.15, 0.2) is 11.4 Å². The van der Waals surface area contributed by atoms with Gasteiger partial charge in [0.2, 0.25) is 0 Å². The predicted molar refractivity (Wildman–Crippen MR) is 74.8 cm³/mol. The van der Waals surface area contributed by atoms with Crippen molar-refractivity contribution in [1.29, 1.82) is 0 Å². The Hall–Kier alpha value is -1.40. The number of hydrogen-bond donors (Lipinski definition) is 2.